The number of rotatable bonds is 2. The molecule has 0 spiro atoms. The summed E-state index contributed by atoms with van der Waals surface area (Å²) in [6.45, 7) is 9.90. The molecule has 0 unspecified atom stereocenters. The van der Waals surface area contributed by atoms with Gasteiger partial charge in [0.1, 0.15) is 0 Å². The van der Waals surface area contributed by atoms with Gasteiger partial charge in [-0.05, 0) is 0 Å². The summed E-state index contributed by atoms with van der Waals surface area (Å²) in [6.07, 6.45) is 14.1. The van der Waals surface area contributed by atoms with Crippen LogP contribution in [-0.4, -0.2) is 26.3 Å². The van der Waals surface area contributed by atoms with Gasteiger partial charge < -0.3 is 0 Å². The van der Waals surface area contributed by atoms with Gasteiger partial charge in [-0.3, -0.25) is 0 Å². The van der Waals surface area contributed by atoms with E-state index in [2.05, 4.69) is 42.7 Å². The van der Waals surface area contributed by atoms with E-state index in [9.17, 15) is 0 Å². The van der Waals surface area contributed by atoms with E-state index in [1.165, 1.54) is 15.5 Å². The van der Waals surface area contributed by atoms with Crippen molar-refractivity contribution in [3.05, 3.63) is 63.6 Å². The number of halogens is 1. The first-order chi connectivity index (χ1) is 10.7. The molecule has 24 heavy (non-hydrogen) atoms. The number of hydrogen-bond acceptors (Lipinski definition) is 2. The van der Waals surface area contributed by atoms with Gasteiger partial charge in [0.25, 0.3) is 0 Å². The number of fused-ring (bicyclic) bond motifs is 2. The van der Waals surface area contributed by atoms with E-state index < -0.39 is 0 Å². The summed E-state index contributed by atoms with van der Waals surface area (Å²) in [5, 5.41) is 1.50. The van der Waals surface area contributed by atoms with Crippen molar-refractivity contribution in [1.82, 2.24) is 4.90 Å². The first kappa shape index (κ1) is 20.9. The second kappa shape index (κ2) is 8.96. The second-order valence-corrected chi connectivity index (χ2v) is 9.50. The van der Waals surface area contributed by atoms with Crippen molar-refractivity contribution in [1.29, 1.82) is 0 Å². The number of nitrogens with zero attached hydrogens (tertiary/aromatic N) is 2. The summed E-state index contributed by atoms with van der Waals surface area (Å²) in [4.78, 5) is 3.39. The Labute approximate surface area is 196 Å². The molecule has 0 bridgehead atoms. The minimum absolute atomic E-state index is 0. The largest absolute Gasteiger partial charge is 2.00 e. The maximum Gasteiger partial charge on any atom is 2.00 e. The van der Waals surface area contributed by atoms with E-state index in [4.69, 9.17) is 6.58 Å². The van der Waals surface area contributed by atoms with E-state index >= 15 is 0 Å². The van der Waals surface area contributed by atoms with E-state index in [0.29, 0.717) is 0 Å². The Morgan fingerprint density at radius 2 is 2.25 bits per heavy atom. The van der Waals surface area contributed by atoms with Gasteiger partial charge in [-0.1, -0.05) is 0 Å². The molecule has 1 aromatic rings. The van der Waals surface area contributed by atoms with Gasteiger partial charge in [0.15, 0.2) is 0 Å². The van der Waals surface area contributed by atoms with Gasteiger partial charge in [-0.25, -0.2) is 0 Å². The fourth-order valence-electron chi connectivity index (χ4n) is 2.92. The van der Waals surface area contributed by atoms with Crippen LogP contribution in [0.1, 0.15) is 17.7 Å². The number of aryl methyl sites for hydroxylation is 1. The van der Waals surface area contributed by atoms with E-state index in [0.717, 1.165) is 31.5 Å². The molecule has 4 heterocycles. The average Bonchev–Trinajstić information content (AvgIpc) is 3.04. The monoisotopic (exact) mass is 560 g/mol. The number of thiophene rings is 1. The molecule has 3 aliphatic heterocycles. The van der Waals surface area contributed by atoms with Crippen molar-refractivity contribution in [3.63, 3.8) is 0 Å². The molecule has 0 atom stereocenters. The predicted molar refractivity (Wildman–Crippen MR) is 85.8 cm³/mol. The maximum absolute atomic E-state index is 5.62. The molecule has 0 amide bonds. The molecule has 2 nitrogen and oxygen atoms in total. The second-order valence-electron chi connectivity index (χ2n) is 5.54. The Balaban J connectivity index is 0.00000104. The average molecular weight is 560 g/mol. The normalized spacial score (nSPS) is 20.5. The van der Waals surface area contributed by atoms with Gasteiger partial charge in [0.2, 0.25) is 0 Å². The first-order valence-corrected chi connectivity index (χ1v) is 10.5. The van der Waals surface area contributed by atoms with Gasteiger partial charge >= 0.3 is 166 Å². The molecule has 0 saturated heterocycles. The van der Waals surface area contributed by atoms with Crippen LogP contribution in [0.4, 0.5) is 5.00 Å². The molecular weight excluding hydrogens is 543 g/mol. The third-order valence-corrected chi connectivity index (χ3v) is 8.48. The molecule has 2 radical (unpaired) electrons. The van der Waals surface area contributed by atoms with Gasteiger partial charge in [0, 0.05) is 32.7 Å². The zero-order valence-corrected chi connectivity index (χ0v) is 20.7. The SMILES string of the molecule is [CH-]=CN1[C-]=C(/C=C2\[CH-]CC[N+]3=C2[I-]c2cc(C)sc23)[CH-]CC1.[V+2].[Y]. The smallest absolute Gasteiger partial charge is 0 e. The van der Waals surface area contributed by atoms with Crippen LogP contribution in [0.5, 0.6) is 0 Å². The van der Waals surface area contributed by atoms with Crippen LogP contribution < -0.4 is 21.2 Å². The van der Waals surface area contributed by atoms with Gasteiger partial charge in [-0.15, -0.1) is 0 Å². The van der Waals surface area contributed by atoms with E-state index in [1.807, 2.05) is 16.2 Å². The summed E-state index contributed by atoms with van der Waals surface area (Å²) in [5.41, 5.74) is 2.56. The van der Waals surface area contributed by atoms with Crippen molar-refractivity contribution >= 4 is 20.1 Å². The van der Waals surface area contributed by atoms with Gasteiger partial charge in [-0.2, -0.15) is 0 Å². The standard InChI is InChI=1S/C18H17IN2S.V.Y/c1-3-20-8-4-6-14(12-20)11-15-7-5-9-21-17(15)19-16-10-13(2)22-18(16)21;;/h1,3,6-7,10-11H,4-5,8-9H2,2H3;;/q-4;+2;. The molecule has 3 aliphatic rings. The molecular formula is C18H17IN2SVY-2. The van der Waals surface area contributed by atoms with Crippen molar-refractivity contribution in [2.24, 2.45) is 0 Å². The summed E-state index contributed by atoms with van der Waals surface area (Å²) in [7, 11) is 0. The van der Waals surface area contributed by atoms with Crippen LogP contribution in [0.2, 0.25) is 0 Å². The van der Waals surface area contributed by atoms with Crippen molar-refractivity contribution in [2.45, 2.75) is 19.8 Å². The summed E-state index contributed by atoms with van der Waals surface area (Å²) in [6, 6.07) is 2.39. The zero-order chi connectivity index (χ0) is 15.1. The molecule has 6 heteroatoms. The Morgan fingerprint density at radius 1 is 1.42 bits per heavy atom. The third kappa shape index (κ3) is 4.10. The Bertz CT molecular complexity index is 735. The maximum atomic E-state index is 5.62. The van der Waals surface area contributed by atoms with Crippen molar-refractivity contribution in [2.75, 3.05) is 13.1 Å². The van der Waals surface area contributed by atoms with Gasteiger partial charge in [0.05, 0.1) is 0 Å². The number of hydrogen-bond donors (Lipinski definition) is 0. The minimum atomic E-state index is -0.0499. The minimum Gasteiger partial charge on any atom is 0 e. The molecule has 0 aliphatic carbocycles. The zero-order valence-electron chi connectivity index (χ0n) is 13.5. The Hall–Kier alpha value is 0.548. The summed E-state index contributed by atoms with van der Waals surface area (Å²) in [5.74, 6) is 0. The predicted octanol–water partition coefficient (Wildman–Crippen LogP) is 0.444. The summed E-state index contributed by atoms with van der Waals surface area (Å²) >= 11 is 1.90. The third-order valence-electron chi connectivity index (χ3n) is 3.92. The van der Waals surface area contributed by atoms with Crippen LogP contribution in [0.25, 0.3) is 0 Å². The van der Waals surface area contributed by atoms with Crippen LogP contribution in [0.15, 0.2) is 29.5 Å². The fourth-order valence-corrected chi connectivity index (χ4v) is 7.97. The molecule has 0 saturated carbocycles. The molecule has 1 aromatic heterocycles. The van der Waals surface area contributed by atoms with Crippen molar-refractivity contribution < 1.29 is 77.0 Å². The molecule has 0 fully saturated rings. The van der Waals surface area contributed by atoms with E-state index in [-0.39, 0.29) is 72.5 Å². The topological polar surface area (TPSA) is 6.25 Å². The van der Waals surface area contributed by atoms with Crippen molar-refractivity contribution in [3.8, 4) is 0 Å². The quantitative estimate of drug-likeness (QED) is 0.290. The summed E-state index contributed by atoms with van der Waals surface area (Å²) < 4.78 is 5.71. The molecule has 0 aromatic carbocycles. The Morgan fingerprint density at radius 3 is 3.04 bits per heavy atom. The van der Waals surface area contributed by atoms with Crippen LogP contribution in [0.3, 0.4) is 0 Å². The van der Waals surface area contributed by atoms with Crippen LogP contribution in [-0.2, 0) is 51.3 Å². The Kier molecular flexibility index (Phi) is 7.79. The van der Waals surface area contributed by atoms with Crippen LogP contribution >= 0.6 is 11.3 Å². The molecule has 4 rings (SSSR count). The fraction of sp³-hybridized carbons (Fsp3) is 0.278. The number of allylic oxidation sites excluding steroid dienone is 3. The first-order valence-electron chi connectivity index (χ1n) is 7.48. The molecule has 0 N–H and O–H groups in total. The van der Waals surface area contributed by atoms with E-state index in [1.54, 1.807) is 13.5 Å². The molecule has 122 valence electrons. The van der Waals surface area contributed by atoms with Crippen LogP contribution in [0, 0.1) is 36.1 Å².